The summed E-state index contributed by atoms with van der Waals surface area (Å²) in [5, 5.41) is 2.46. The van der Waals surface area contributed by atoms with Crippen molar-refractivity contribution in [1.82, 2.24) is 14.9 Å². The summed E-state index contributed by atoms with van der Waals surface area (Å²) < 4.78 is 48.4. The van der Waals surface area contributed by atoms with E-state index in [-0.39, 0.29) is 51.9 Å². The van der Waals surface area contributed by atoms with E-state index in [9.17, 15) is 38.0 Å². The SMILES string of the molecule is CCCCCCCCCCCC(=O)OCC(COC(=O)CCCCCCCCCCC)OC(=O)NCCC(=O)OC[C@H]1O[C@@H](n2cc(F)c(=O)[nH]c2=O)C[C@@H]1OC(=O)CCCCCCCCCCC. The third-order valence-electron chi connectivity index (χ3n) is 12.3. The maximum absolute atomic E-state index is 14.2. The summed E-state index contributed by atoms with van der Waals surface area (Å²) in [7, 11) is 0. The Labute approximate surface area is 410 Å². The minimum atomic E-state index is -1.21. The molecule has 396 valence electrons. The number of alkyl carbamates (subject to hydrolysis) is 1. The molecule has 69 heavy (non-hydrogen) atoms. The lowest BCUT2D eigenvalue weighted by atomic mass is 10.1. The lowest BCUT2D eigenvalue weighted by Crippen LogP contribution is -2.36. The molecule has 0 bridgehead atoms. The summed E-state index contributed by atoms with van der Waals surface area (Å²) >= 11 is 0. The Morgan fingerprint density at radius 2 is 1.04 bits per heavy atom. The molecule has 3 atom stereocenters. The van der Waals surface area contributed by atoms with Gasteiger partial charge in [-0.15, -0.1) is 0 Å². The number of esters is 4. The molecule has 2 N–H and O–H groups in total. The largest absolute Gasteiger partial charge is 0.463 e. The number of unbranched alkanes of at least 4 members (excludes halogenated alkanes) is 24. The molecule has 0 spiro atoms. The number of hydrogen-bond acceptors (Lipinski definition) is 13. The molecule has 2 rings (SSSR count). The number of carbonyl (C=O) groups is 5. The second-order valence-corrected chi connectivity index (χ2v) is 18.5. The molecule has 2 heterocycles. The van der Waals surface area contributed by atoms with Gasteiger partial charge < -0.3 is 33.7 Å². The van der Waals surface area contributed by atoms with Crippen LogP contribution in [-0.4, -0.2) is 84.2 Å². The van der Waals surface area contributed by atoms with E-state index in [1.54, 1.807) is 0 Å². The van der Waals surface area contributed by atoms with Crippen LogP contribution in [0.2, 0.25) is 0 Å². The fourth-order valence-electron chi connectivity index (χ4n) is 8.13. The molecule has 1 aromatic heterocycles. The molecule has 0 aromatic carbocycles. The van der Waals surface area contributed by atoms with Crippen LogP contribution >= 0.6 is 0 Å². The van der Waals surface area contributed by atoms with E-state index in [4.69, 9.17) is 28.4 Å². The van der Waals surface area contributed by atoms with Crippen LogP contribution in [0.1, 0.15) is 232 Å². The average molecular weight is 982 g/mol. The van der Waals surface area contributed by atoms with Crippen molar-refractivity contribution in [2.45, 2.75) is 251 Å². The number of aromatic nitrogens is 2. The van der Waals surface area contributed by atoms with Gasteiger partial charge in [0.25, 0.3) is 5.56 Å². The lowest BCUT2D eigenvalue weighted by Gasteiger charge is -2.19. The Morgan fingerprint density at radius 1 is 0.623 bits per heavy atom. The van der Waals surface area contributed by atoms with Crippen LogP contribution in [0.4, 0.5) is 9.18 Å². The minimum absolute atomic E-state index is 0.0746. The van der Waals surface area contributed by atoms with E-state index in [2.05, 4.69) is 26.1 Å². The Hall–Kier alpha value is -4.28. The van der Waals surface area contributed by atoms with Crippen molar-refractivity contribution in [2.24, 2.45) is 0 Å². The van der Waals surface area contributed by atoms with Gasteiger partial charge >= 0.3 is 35.7 Å². The Morgan fingerprint density at radius 3 is 1.51 bits per heavy atom. The number of nitrogens with one attached hydrogen (secondary N) is 2. The highest BCUT2D eigenvalue weighted by atomic mass is 19.1. The number of halogens is 1. The van der Waals surface area contributed by atoms with E-state index in [1.165, 1.54) is 89.9 Å². The van der Waals surface area contributed by atoms with E-state index in [0.717, 1.165) is 68.8 Å². The molecule has 0 saturated carbocycles. The number of amides is 1. The van der Waals surface area contributed by atoms with Gasteiger partial charge in [0.15, 0.2) is 6.10 Å². The zero-order valence-corrected chi connectivity index (χ0v) is 42.5. The molecule has 0 unspecified atom stereocenters. The number of H-pyrrole nitrogens is 1. The summed E-state index contributed by atoms with van der Waals surface area (Å²) in [6.45, 7) is 5.32. The lowest BCUT2D eigenvalue weighted by molar-refractivity contribution is -0.158. The van der Waals surface area contributed by atoms with Gasteiger partial charge in [-0.2, -0.15) is 4.39 Å². The number of aromatic amines is 1. The Bertz CT molecular complexity index is 1650. The third-order valence-corrected chi connectivity index (χ3v) is 12.3. The van der Waals surface area contributed by atoms with Gasteiger partial charge in [-0.05, 0) is 19.3 Å². The predicted molar refractivity (Wildman–Crippen MR) is 261 cm³/mol. The molecule has 1 aromatic rings. The second-order valence-electron chi connectivity index (χ2n) is 18.5. The summed E-state index contributed by atoms with van der Waals surface area (Å²) in [5.41, 5.74) is -2.12. The third kappa shape index (κ3) is 30.2. The summed E-state index contributed by atoms with van der Waals surface area (Å²) in [6, 6.07) is 0. The van der Waals surface area contributed by atoms with E-state index in [0.29, 0.717) is 25.5 Å². The number of carbonyl (C=O) groups excluding carboxylic acids is 5. The fraction of sp³-hybridized carbons (Fsp3) is 0.827. The normalized spacial score (nSPS) is 15.5. The van der Waals surface area contributed by atoms with Crippen LogP contribution in [0.5, 0.6) is 0 Å². The van der Waals surface area contributed by atoms with Gasteiger partial charge in [0, 0.05) is 32.2 Å². The smallest absolute Gasteiger partial charge is 0.407 e. The molecular formula is C52H88FN3O13. The summed E-state index contributed by atoms with van der Waals surface area (Å²) in [5.74, 6) is -3.34. The maximum atomic E-state index is 14.2. The van der Waals surface area contributed by atoms with Crippen molar-refractivity contribution in [3.8, 4) is 0 Å². The number of rotatable bonds is 42. The summed E-state index contributed by atoms with van der Waals surface area (Å²) in [6.07, 6.45) is 25.2. The first kappa shape index (κ1) is 60.8. The van der Waals surface area contributed by atoms with Crippen molar-refractivity contribution in [2.75, 3.05) is 26.4 Å². The molecule has 1 aliphatic heterocycles. The number of ether oxygens (including phenoxy) is 6. The van der Waals surface area contributed by atoms with Crippen LogP contribution in [0, 0.1) is 5.82 Å². The van der Waals surface area contributed by atoms with Gasteiger partial charge in [0.05, 0.1) is 12.6 Å². The van der Waals surface area contributed by atoms with E-state index in [1.807, 2.05) is 4.98 Å². The molecule has 16 nitrogen and oxygen atoms in total. The van der Waals surface area contributed by atoms with Gasteiger partial charge in [0.1, 0.15) is 38.3 Å². The topological polar surface area (TPSA) is 208 Å². The van der Waals surface area contributed by atoms with E-state index >= 15 is 0 Å². The Kier molecular flexibility index (Phi) is 34.8. The molecule has 1 fully saturated rings. The second kappa shape index (κ2) is 39.4. The number of hydrogen-bond donors (Lipinski definition) is 2. The average Bonchev–Trinajstić information content (AvgIpc) is 3.72. The molecule has 17 heteroatoms. The van der Waals surface area contributed by atoms with Crippen LogP contribution in [0.15, 0.2) is 15.8 Å². The number of nitrogens with zero attached hydrogens (tertiary/aromatic N) is 1. The van der Waals surface area contributed by atoms with Gasteiger partial charge in [-0.1, -0.05) is 175 Å². The first-order valence-corrected chi connectivity index (χ1v) is 26.7. The highest BCUT2D eigenvalue weighted by molar-refractivity contribution is 5.72. The molecule has 0 aliphatic carbocycles. The Balaban J connectivity index is 1.88. The van der Waals surface area contributed by atoms with Crippen molar-refractivity contribution in [3.63, 3.8) is 0 Å². The fourth-order valence-corrected chi connectivity index (χ4v) is 8.13. The zero-order valence-electron chi connectivity index (χ0n) is 42.5. The van der Waals surface area contributed by atoms with Crippen molar-refractivity contribution in [3.05, 3.63) is 32.9 Å². The monoisotopic (exact) mass is 982 g/mol. The molecule has 0 radical (unpaired) electrons. The first-order chi connectivity index (χ1) is 33.5. The minimum Gasteiger partial charge on any atom is -0.463 e. The highest BCUT2D eigenvalue weighted by Crippen LogP contribution is 2.31. The maximum Gasteiger partial charge on any atom is 0.407 e. The van der Waals surface area contributed by atoms with Crippen LogP contribution in [0.3, 0.4) is 0 Å². The molecule has 1 aliphatic rings. The highest BCUT2D eigenvalue weighted by Gasteiger charge is 2.40. The molecular weight excluding hydrogens is 894 g/mol. The van der Waals surface area contributed by atoms with Crippen LogP contribution in [-0.2, 0) is 47.6 Å². The standard InChI is InChI=1S/C52H88FN3O13/c1-4-7-10-13-16-19-22-25-28-31-46(57)64-38-41(39-65-47(58)32-29-26-23-20-17-14-11-8-5-2)67-52(63)54-35-34-48(59)66-40-44-43(36-45(68-44)56-37-42(53)50(61)55-51(56)62)69-49(60)33-30-27-24-21-18-15-12-9-6-3/h37,41,43-45H,4-36,38-40H2,1-3H3,(H,54,63)(H,55,61,62)/t43-,44+,45+/m0/s1. The van der Waals surface area contributed by atoms with Gasteiger partial charge in [-0.3, -0.25) is 33.5 Å². The molecule has 1 amide bonds. The molecule has 1 saturated heterocycles. The van der Waals surface area contributed by atoms with Crippen LogP contribution in [0.25, 0.3) is 0 Å². The first-order valence-electron chi connectivity index (χ1n) is 26.7. The van der Waals surface area contributed by atoms with E-state index < -0.39 is 78.2 Å². The van der Waals surface area contributed by atoms with Crippen molar-refractivity contribution in [1.29, 1.82) is 0 Å². The quantitative estimate of drug-likeness (QED) is 0.0355. The van der Waals surface area contributed by atoms with Crippen molar-refractivity contribution < 1.29 is 56.8 Å². The van der Waals surface area contributed by atoms with Crippen LogP contribution < -0.4 is 16.6 Å². The van der Waals surface area contributed by atoms with Crippen molar-refractivity contribution >= 4 is 30.0 Å². The zero-order chi connectivity index (χ0) is 50.3. The predicted octanol–water partition coefficient (Wildman–Crippen LogP) is 10.8. The van der Waals surface area contributed by atoms with Gasteiger partial charge in [0.2, 0.25) is 5.82 Å². The summed E-state index contributed by atoms with van der Waals surface area (Å²) in [4.78, 5) is 89.8. The van der Waals surface area contributed by atoms with Gasteiger partial charge in [-0.25, -0.2) is 9.59 Å².